The van der Waals surface area contributed by atoms with E-state index in [0.717, 1.165) is 49.7 Å². The van der Waals surface area contributed by atoms with Crippen LogP contribution in [0.15, 0.2) is 54.6 Å². The van der Waals surface area contributed by atoms with Crippen LogP contribution in [0, 0.1) is 0 Å². The lowest BCUT2D eigenvalue weighted by Gasteiger charge is -2.27. The number of benzene rings is 2. The number of anilines is 1. The van der Waals surface area contributed by atoms with Gasteiger partial charge in [-0.1, -0.05) is 48.5 Å². The molecule has 0 aliphatic carbocycles. The Bertz CT molecular complexity index is 776. The molecule has 0 unspecified atom stereocenters. The molecule has 0 bridgehead atoms. The summed E-state index contributed by atoms with van der Waals surface area (Å²) in [7, 11) is 0. The lowest BCUT2D eigenvalue weighted by molar-refractivity contribution is -0.115. The van der Waals surface area contributed by atoms with E-state index in [1.807, 2.05) is 54.6 Å². The molecule has 3 amide bonds. The molecule has 7 nitrogen and oxygen atoms in total. The van der Waals surface area contributed by atoms with Crippen LogP contribution in [-0.4, -0.2) is 49.7 Å². The van der Waals surface area contributed by atoms with Crippen molar-refractivity contribution in [2.24, 2.45) is 0 Å². The normalized spacial score (nSPS) is 14.3. The molecule has 2 aromatic carbocycles. The zero-order valence-electron chi connectivity index (χ0n) is 15.8. The van der Waals surface area contributed by atoms with E-state index < -0.39 is 0 Å². The van der Waals surface area contributed by atoms with Crippen LogP contribution >= 0.6 is 0 Å². The maximum atomic E-state index is 12.2. The van der Waals surface area contributed by atoms with E-state index in [-0.39, 0.29) is 18.5 Å². The Kier molecular flexibility index (Phi) is 7.40. The minimum absolute atomic E-state index is 0.0908. The predicted octanol–water partition coefficient (Wildman–Crippen LogP) is 1.96. The van der Waals surface area contributed by atoms with Gasteiger partial charge in [0.1, 0.15) is 0 Å². The van der Waals surface area contributed by atoms with E-state index in [1.165, 1.54) is 0 Å². The summed E-state index contributed by atoms with van der Waals surface area (Å²) in [6.07, 6.45) is 0. The van der Waals surface area contributed by atoms with Gasteiger partial charge in [0.15, 0.2) is 0 Å². The topological polar surface area (TPSA) is 82.7 Å². The summed E-state index contributed by atoms with van der Waals surface area (Å²) in [4.78, 5) is 26.4. The SMILES string of the molecule is O=C(CNC(=O)NCc1ccccc1)Nc1ccccc1CN1CCOCC1. The predicted molar refractivity (Wildman–Crippen MR) is 108 cm³/mol. The largest absolute Gasteiger partial charge is 0.379 e. The van der Waals surface area contributed by atoms with Crippen molar-refractivity contribution >= 4 is 17.6 Å². The van der Waals surface area contributed by atoms with Crippen molar-refractivity contribution < 1.29 is 14.3 Å². The Morgan fingerprint density at radius 1 is 0.929 bits per heavy atom. The second-order valence-electron chi connectivity index (χ2n) is 6.62. The van der Waals surface area contributed by atoms with Crippen LogP contribution in [-0.2, 0) is 22.6 Å². The van der Waals surface area contributed by atoms with Crippen LogP contribution in [0.2, 0.25) is 0 Å². The first-order valence-electron chi connectivity index (χ1n) is 9.44. The number of amides is 3. The number of ether oxygens (including phenoxy) is 1. The molecule has 1 aliphatic heterocycles. The fraction of sp³-hybridized carbons (Fsp3) is 0.333. The van der Waals surface area contributed by atoms with E-state index >= 15 is 0 Å². The molecule has 0 radical (unpaired) electrons. The van der Waals surface area contributed by atoms with Gasteiger partial charge in [-0.2, -0.15) is 0 Å². The Balaban J connectivity index is 1.44. The molecule has 1 fully saturated rings. The molecule has 1 saturated heterocycles. The van der Waals surface area contributed by atoms with Crippen molar-refractivity contribution in [3.05, 3.63) is 65.7 Å². The van der Waals surface area contributed by atoms with Crippen molar-refractivity contribution in [3.63, 3.8) is 0 Å². The second-order valence-corrected chi connectivity index (χ2v) is 6.62. The summed E-state index contributed by atoms with van der Waals surface area (Å²) >= 11 is 0. The Hall–Kier alpha value is -2.90. The van der Waals surface area contributed by atoms with E-state index in [0.29, 0.717) is 6.54 Å². The quantitative estimate of drug-likeness (QED) is 0.684. The third-order valence-corrected chi connectivity index (χ3v) is 4.49. The number of rotatable bonds is 7. The van der Waals surface area contributed by atoms with Crippen molar-refractivity contribution in [2.75, 3.05) is 38.2 Å². The average Bonchev–Trinajstić information content (AvgIpc) is 2.74. The summed E-state index contributed by atoms with van der Waals surface area (Å²) in [6.45, 7) is 4.30. The number of morpholine rings is 1. The number of urea groups is 1. The van der Waals surface area contributed by atoms with Crippen molar-refractivity contribution in [1.82, 2.24) is 15.5 Å². The number of carbonyl (C=O) groups is 2. The maximum Gasteiger partial charge on any atom is 0.315 e. The van der Waals surface area contributed by atoms with Gasteiger partial charge in [-0.25, -0.2) is 4.79 Å². The lowest BCUT2D eigenvalue weighted by atomic mass is 10.1. The Labute approximate surface area is 165 Å². The van der Waals surface area contributed by atoms with E-state index in [2.05, 4.69) is 20.9 Å². The highest BCUT2D eigenvalue weighted by atomic mass is 16.5. The fourth-order valence-corrected chi connectivity index (χ4v) is 2.98. The summed E-state index contributed by atoms with van der Waals surface area (Å²) in [5.74, 6) is -0.260. The molecule has 1 aliphatic rings. The zero-order valence-corrected chi connectivity index (χ0v) is 15.8. The van der Waals surface area contributed by atoms with Crippen molar-refractivity contribution in [2.45, 2.75) is 13.1 Å². The van der Waals surface area contributed by atoms with Crippen LogP contribution in [0.25, 0.3) is 0 Å². The van der Waals surface area contributed by atoms with E-state index in [9.17, 15) is 9.59 Å². The first kappa shape index (κ1) is 19.9. The summed E-state index contributed by atoms with van der Waals surface area (Å²) in [5, 5.41) is 8.21. The molecule has 148 valence electrons. The fourth-order valence-electron chi connectivity index (χ4n) is 2.98. The highest BCUT2D eigenvalue weighted by molar-refractivity contribution is 5.94. The van der Waals surface area contributed by atoms with Gasteiger partial charge in [-0.3, -0.25) is 9.69 Å². The molecule has 3 N–H and O–H groups in total. The first-order chi connectivity index (χ1) is 13.7. The monoisotopic (exact) mass is 382 g/mol. The molecule has 0 spiro atoms. The van der Waals surface area contributed by atoms with Crippen LogP contribution in [0.1, 0.15) is 11.1 Å². The molecule has 2 aromatic rings. The maximum absolute atomic E-state index is 12.2. The Morgan fingerprint density at radius 2 is 1.64 bits per heavy atom. The molecule has 3 rings (SSSR count). The first-order valence-corrected chi connectivity index (χ1v) is 9.44. The molecule has 7 heteroatoms. The van der Waals surface area contributed by atoms with E-state index in [1.54, 1.807) is 0 Å². The number of para-hydroxylation sites is 1. The third kappa shape index (κ3) is 6.37. The van der Waals surface area contributed by atoms with Gasteiger partial charge in [-0.15, -0.1) is 0 Å². The molecule has 0 saturated carbocycles. The van der Waals surface area contributed by atoms with Gasteiger partial charge in [0.2, 0.25) is 5.91 Å². The molecule has 0 aromatic heterocycles. The highest BCUT2D eigenvalue weighted by Gasteiger charge is 2.14. The number of carbonyl (C=O) groups excluding carboxylic acids is 2. The summed E-state index contributed by atoms with van der Waals surface area (Å²) in [6, 6.07) is 17.0. The summed E-state index contributed by atoms with van der Waals surface area (Å²) < 4.78 is 5.38. The molecule has 0 atom stereocenters. The number of nitrogens with one attached hydrogen (secondary N) is 3. The third-order valence-electron chi connectivity index (χ3n) is 4.49. The number of hydrogen-bond acceptors (Lipinski definition) is 4. The highest BCUT2D eigenvalue weighted by Crippen LogP contribution is 2.17. The van der Waals surface area contributed by atoms with Crippen molar-refractivity contribution in [3.8, 4) is 0 Å². The van der Waals surface area contributed by atoms with Gasteiger partial charge in [0.05, 0.1) is 19.8 Å². The van der Waals surface area contributed by atoms with Crippen LogP contribution in [0.3, 0.4) is 0 Å². The second kappa shape index (κ2) is 10.4. The van der Waals surface area contributed by atoms with Gasteiger partial charge >= 0.3 is 6.03 Å². The smallest absolute Gasteiger partial charge is 0.315 e. The van der Waals surface area contributed by atoms with Gasteiger partial charge < -0.3 is 20.7 Å². The van der Waals surface area contributed by atoms with Crippen LogP contribution in [0.4, 0.5) is 10.5 Å². The molecular formula is C21H26N4O3. The molecule has 28 heavy (non-hydrogen) atoms. The average molecular weight is 382 g/mol. The van der Waals surface area contributed by atoms with Crippen molar-refractivity contribution in [1.29, 1.82) is 0 Å². The van der Waals surface area contributed by atoms with Gasteiger partial charge in [0.25, 0.3) is 0 Å². The Morgan fingerprint density at radius 3 is 2.43 bits per heavy atom. The molecular weight excluding hydrogens is 356 g/mol. The van der Waals surface area contributed by atoms with Gasteiger partial charge in [0, 0.05) is 31.9 Å². The van der Waals surface area contributed by atoms with Gasteiger partial charge in [-0.05, 0) is 17.2 Å². The molecule has 1 heterocycles. The van der Waals surface area contributed by atoms with Crippen LogP contribution < -0.4 is 16.0 Å². The lowest BCUT2D eigenvalue weighted by Crippen LogP contribution is -2.40. The number of hydrogen-bond donors (Lipinski definition) is 3. The minimum atomic E-state index is -0.374. The zero-order chi connectivity index (χ0) is 19.6. The standard InChI is InChI=1S/C21H26N4O3/c26-20(15-23-21(27)22-14-17-6-2-1-3-7-17)24-19-9-5-4-8-18(19)16-25-10-12-28-13-11-25/h1-9H,10-16H2,(H,24,26)(H2,22,23,27). The minimum Gasteiger partial charge on any atom is -0.379 e. The van der Waals surface area contributed by atoms with Crippen LogP contribution in [0.5, 0.6) is 0 Å². The summed E-state index contributed by atoms with van der Waals surface area (Å²) in [5.41, 5.74) is 2.82. The van der Waals surface area contributed by atoms with E-state index in [4.69, 9.17) is 4.74 Å². The number of nitrogens with zero attached hydrogens (tertiary/aromatic N) is 1.